The second-order valence-corrected chi connectivity index (χ2v) is 5.31. The SMILES string of the molecule is CCn1nc(C(=O)Nc2nccnc2-c2ccc(OC)cc2)ccc1=O. The number of aromatic nitrogens is 4. The normalized spacial score (nSPS) is 10.4. The van der Waals surface area contributed by atoms with Crippen molar-refractivity contribution in [1.29, 1.82) is 0 Å². The number of hydrogen-bond acceptors (Lipinski definition) is 6. The highest BCUT2D eigenvalue weighted by atomic mass is 16.5. The van der Waals surface area contributed by atoms with Crippen LogP contribution in [0.25, 0.3) is 11.3 Å². The average molecular weight is 351 g/mol. The van der Waals surface area contributed by atoms with Gasteiger partial charge < -0.3 is 10.1 Å². The van der Waals surface area contributed by atoms with Gasteiger partial charge in [-0.25, -0.2) is 9.67 Å². The fraction of sp³-hybridized carbons (Fsp3) is 0.167. The topological polar surface area (TPSA) is 99.0 Å². The molecular weight excluding hydrogens is 334 g/mol. The third-order valence-corrected chi connectivity index (χ3v) is 3.69. The number of nitrogens with zero attached hydrogens (tertiary/aromatic N) is 4. The molecule has 0 atom stereocenters. The highest BCUT2D eigenvalue weighted by Crippen LogP contribution is 2.25. The maximum atomic E-state index is 12.5. The number of aryl methyl sites for hydroxylation is 1. The van der Waals surface area contributed by atoms with Crippen molar-refractivity contribution in [2.45, 2.75) is 13.5 Å². The van der Waals surface area contributed by atoms with Crippen molar-refractivity contribution in [2.75, 3.05) is 12.4 Å². The Morgan fingerprint density at radius 2 is 1.85 bits per heavy atom. The van der Waals surface area contributed by atoms with Gasteiger partial charge in [0.05, 0.1) is 7.11 Å². The summed E-state index contributed by atoms with van der Waals surface area (Å²) in [6, 6.07) is 9.95. The van der Waals surface area contributed by atoms with Crippen molar-refractivity contribution in [2.24, 2.45) is 0 Å². The molecule has 0 bridgehead atoms. The Morgan fingerprint density at radius 3 is 2.54 bits per heavy atom. The monoisotopic (exact) mass is 351 g/mol. The fourth-order valence-electron chi connectivity index (χ4n) is 2.36. The molecule has 0 radical (unpaired) electrons. The van der Waals surface area contributed by atoms with Crippen LogP contribution in [0.3, 0.4) is 0 Å². The van der Waals surface area contributed by atoms with E-state index in [-0.39, 0.29) is 11.3 Å². The van der Waals surface area contributed by atoms with Gasteiger partial charge in [-0.3, -0.25) is 14.6 Å². The maximum absolute atomic E-state index is 12.5. The lowest BCUT2D eigenvalue weighted by Gasteiger charge is -2.10. The molecule has 3 aromatic rings. The Kier molecular flexibility index (Phi) is 5.02. The van der Waals surface area contributed by atoms with Crippen LogP contribution in [-0.2, 0) is 6.54 Å². The highest BCUT2D eigenvalue weighted by molar-refractivity contribution is 6.03. The first-order valence-corrected chi connectivity index (χ1v) is 7.97. The van der Waals surface area contributed by atoms with E-state index in [0.717, 1.165) is 5.56 Å². The minimum atomic E-state index is -0.470. The highest BCUT2D eigenvalue weighted by Gasteiger charge is 2.14. The molecule has 1 N–H and O–H groups in total. The number of carbonyl (C=O) groups excluding carboxylic acids is 1. The molecule has 1 amide bonds. The molecule has 0 aliphatic carbocycles. The van der Waals surface area contributed by atoms with Crippen LogP contribution in [-0.4, -0.2) is 32.8 Å². The predicted molar refractivity (Wildman–Crippen MR) is 96.1 cm³/mol. The molecule has 2 heterocycles. The van der Waals surface area contributed by atoms with Crippen molar-refractivity contribution in [3.63, 3.8) is 0 Å². The quantitative estimate of drug-likeness (QED) is 0.755. The first kappa shape index (κ1) is 17.3. The van der Waals surface area contributed by atoms with Crippen LogP contribution < -0.4 is 15.6 Å². The van der Waals surface area contributed by atoms with Gasteiger partial charge in [-0.05, 0) is 37.3 Å². The maximum Gasteiger partial charge on any atom is 0.277 e. The zero-order valence-electron chi connectivity index (χ0n) is 14.3. The number of methoxy groups -OCH3 is 1. The molecular formula is C18H17N5O3. The van der Waals surface area contributed by atoms with E-state index in [0.29, 0.717) is 23.8 Å². The fourth-order valence-corrected chi connectivity index (χ4v) is 2.36. The predicted octanol–water partition coefficient (Wildman–Crippen LogP) is 1.98. The van der Waals surface area contributed by atoms with Crippen molar-refractivity contribution in [3.8, 4) is 17.0 Å². The molecule has 0 saturated carbocycles. The van der Waals surface area contributed by atoms with Gasteiger partial charge in [0, 0.05) is 30.6 Å². The number of rotatable bonds is 5. The second kappa shape index (κ2) is 7.56. The van der Waals surface area contributed by atoms with Crippen LogP contribution in [0.4, 0.5) is 5.82 Å². The third kappa shape index (κ3) is 3.59. The molecule has 8 heteroatoms. The van der Waals surface area contributed by atoms with Crippen LogP contribution in [0.5, 0.6) is 5.75 Å². The molecule has 0 aliphatic rings. The van der Waals surface area contributed by atoms with E-state index < -0.39 is 5.91 Å². The first-order valence-electron chi connectivity index (χ1n) is 7.97. The van der Waals surface area contributed by atoms with E-state index in [9.17, 15) is 9.59 Å². The summed E-state index contributed by atoms with van der Waals surface area (Å²) in [7, 11) is 1.59. The van der Waals surface area contributed by atoms with Crippen molar-refractivity contribution < 1.29 is 9.53 Å². The molecule has 26 heavy (non-hydrogen) atoms. The summed E-state index contributed by atoms with van der Waals surface area (Å²) in [5.41, 5.74) is 1.16. The Balaban J connectivity index is 1.90. The van der Waals surface area contributed by atoms with Crippen LogP contribution >= 0.6 is 0 Å². The lowest BCUT2D eigenvalue weighted by Crippen LogP contribution is -2.25. The van der Waals surface area contributed by atoms with Gasteiger partial charge in [-0.1, -0.05) is 0 Å². The number of nitrogens with one attached hydrogen (secondary N) is 1. The largest absolute Gasteiger partial charge is 0.497 e. The minimum absolute atomic E-state index is 0.123. The van der Waals surface area contributed by atoms with E-state index >= 15 is 0 Å². The van der Waals surface area contributed by atoms with Gasteiger partial charge in [0.1, 0.15) is 17.1 Å². The lowest BCUT2D eigenvalue weighted by atomic mass is 10.1. The van der Waals surface area contributed by atoms with Crippen LogP contribution in [0, 0.1) is 0 Å². The van der Waals surface area contributed by atoms with Crippen molar-refractivity contribution in [1.82, 2.24) is 19.7 Å². The van der Waals surface area contributed by atoms with Gasteiger partial charge >= 0.3 is 0 Å². The molecule has 132 valence electrons. The summed E-state index contributed by atoms with van der Waals surface area (Å²) in [5.74, 6) is 0.551. The molecule has 3 rings (SSSR count). The molecule has 0 fully saturated rings. The summed E-state index contributed by atoms with van der Waals surface area (Å²) >= 11 is 0. The van der Waals surface area contributed by atoms with Crippen molar-refractivity contribution in [3.05, 3.63) is 64.8 Å². The summed E-state index contributed by atoms with van der Waals surface area (Å²) < 4.78 is 6.37. The molecule has 0 unspecified atom stereocenters. The zero-order chi connectivity index (χ0) is 18.5. The molecule has 8 nitrogen and oxygen atoms in total. The summed E-state index contributed by atoms with van der Waals surface area (Å²) in [5, 5.41) is 6.74. The lowest BCUT2D eigenvalue weighted by molar-refractivity contribution is 0.101. The molecule has 0 aliphatic heterocycles. The standard InChI is InChI=1S/C18H17N5O3/c1-3-23-15(24)9-8-14(22-23)18(25)21-17-16(19-10-11-20-17)12-4-6-13(26-2)7-5-12/h4-11H,3H2,1-2H3,(H,20,21,25). The van der Waals surface area contributed by atoms with E-state index in [2.05, 4.69) is 20.4 Å². The molecule has 2 aromatic heterocycles. The Labute approximate surface area is 149 Å². The second-order valence-electron chi connectivity index (χ2n) is 5.31. The van der Waals surface area contributed by atoms with E-state index in [1.165, 1.54) is 23.0 Å². The number of hydrogen-bond donors (Lipinski definition) is 1. The molecule has 1 aromatic carbocycles. The van der Waals surface area contributed by atoms with E-state index in [1.807, 2.05) is 12.1 Å². The number of benzene rings is 1. The summed E-state index contributed by atoms with van der Waals surface area (Å²) in [6.45, 7) is 2.16. The average Bonchev–Trinajstić information content (AvgIpc) is 2.69. The van der Waals surface area contributed by atoms with Crippen LogP contribution in [0.15, 0.2) is 53.6 Å². The number of amides is 1. The van der Waals surface area contributed by atoms with Gasteiger partial charge in [-0.2, -0.15) is 5.10 Å². The number of ether oxygens (including phenoxy) is 1. The molecule has 0 spiro atoms. The number of anilines is 1. The van der Waals surface area contributed by atoms with Crippen LogP contribution in [0.2, 0.25) is 0 Å². The van der Waals surface area contributed by atoms with Gasteiger partial charge in [0.2, 0.25) is 0 Å². The van der Waals surface area contributed by atoms with Gasteiger partial charge in [0.25, 0.3) is 11.5 Å². The van der Waals surface area contributed by atoms with E-state index in [4.69, 9.17) is 4.74 Å². The first-order chi connectivity index (χ1) is 12.6. The zero-order valence-corrected chi connectivity index (χ0v) is 14.3. The van der Waals surface area contributed by atoms with Crippen molar-refractivity contribution >= 4 is 11.7 Å². The Bertz CT molecular complexity index is 983. The van der Waals surface area contributed by atoms with Crippen LogP contribution in [0.1, 0.15) is 17.4 Å². The third-order valence-electron chi connectivity index (χ3n) is 3.69. The van der Waals surface area contributed by atoms with Gasteiger partial charge in [0.15, 0.2) is 5.82 Å². The number of carbonyl (C=O) groups is 1. The summed E-state index contributed by atoms with van der Waals surface area (Å²) in [6.07, 6.45) is 3.04. The Hall–Kier alpha value is -3.55. The summed E-state index contributed by atoms with van der Waals surface area (Å²) in [4.78, 5) is 32.6. The molecule has 0 saturated heterocycles. The minimum Gasteiger partial charge on any atom is -0.497 e. The Morgan fingerprint density at radius 1 is 1.12 bits per heavy atom. The smallest absolute Gasteiger partial charge is 0.277 e. The van der Waals surface area contributed by atoms with E-state index in [1.54, 1.807) is 32.4 Å². The van der Waals surface area contributed by atoms with Gasteiger partial charge in [-0.15, -0.1) is 0 Å².